The van der Waals surface area contributed by atoms with Gasteiger partial charge in [0, 0.05) is 36.0 Å². The lowest BCUT2D eigenvalue weighted by Gasteiger charge is -2.37. The number of halogens is 3. The molecule has 2 aromatic rings. The van der Waals surface area contributed by atoms with E-state index in [1.54, 1.807) is 28.9 Å². The molecular formula is C18H18ClF2N5O2. The van der Waals surface area contributed by atoms with E-state index in [1.165, 1.54) is 4.90 Å². The average Bonchev–Trinajstić information content (AvgIpc) is 2.99. The van der Waals surface area contributed by atoms with Gasteiger partial charge in [-0.3, -0.25) is 9.48 Å². The number of carbonyl (C=O) groups is 2. The molecule has 28 heavy (non-hydrogen) atoms. The van der Waals surface area contributed by atoms with Gasteiger partial charge in [0.25, 0.3) is 11.8 Å². The Kier molecular flexibility index (Phi) is 4.49. The second-order valence-corrected chi connectivity index (χ2v) is 7.54. The molecule has 3 N–H and O–H groups in total. The third kappa shape index (κ3) is 3.42. The molecule has 7 nitrogen and oxygen atoms in total. The van der Waals surface area contributed by atoms with Crippen molar-refractivity contribution in [3.63, 3.8) is 0 Å². The quantitative estimate of drug-likeness (QED) is 0.816. The molecule has 1 aromatic heterocycles. The summed E-state index contributed by atoms with van der Waals surface area (Å²) in [6.45, 7) is 0.821. The van der Waals surface area contributed by atoms with Crippen molar-refractivity contribution >= 4 is 23.5 Å². The Morgan fingerprint density at radius 2 is 2.04 bits per heavy atom. The summed E-state index contributed by atoms with van der Waals surface area (Å²) in [4.78, 5) is 26.0. The lowest BCUT2D eigenvalue weighted by atomic mass is 9.88. The highest BCUT2D eigenvalue weighted by atomic mass is 35.5. The normalized spacial score (nSPS) is 18.3. The number of primary amides is 1. The summed E-state index contributed by atoms with van der Waals surface area (Å²) in [5.74, 6) is -3.36. The molecule has 1 aromatic carbocycles. The minimum absolute atomic E-state index is 0.112. The lowest BCUT2D eigenvalue weighted by Crippen LogP contribution is -2.55. The minimum atomic E-state index is -2.70. The van der Waals surface area contributed by atoms with Crippen LogP contribution in [0.25, 0.3) is 11.3 Å². The van der Waals surface area contributed by atoms with Crippen LogP contribution < -0.4 is 11.1 Å². The highest BCUT2D eigenvalue weighted by molar-refractivity contribution is 6.30. The topological polar surface area (TPSA) is 93.2 Å². The van der Waals surface area contributed by atoms with Crippen molar-refractivity contribution in [2.45, 2.75) is 37.9 Å². The maximum absolute atomic E-state index is 13.0. The van der Waals surface area contributed by atoms with Gasteiger partial charge in [-0.15, -0.1) is 0 Å². The molecule has 1 saturated carbocycles. The molecule has 0 atom stereocenters. The zero-order chi connectivity index (χ0) is 20.1. The first kappa shape index (κ1) is 18.7. The highest BCUT2D eigenvalue weighted by Crippen LogP contribution is 2.37. The average molecular weight is 410 g/mol. The summed E-state index contributed by atoms with van der Waals surface area (Å²) < 4.78 is 27.6. The number of nitrogens with one attached hydrogen (secondary N) is 1. The van der Waals surface area contributed by atoms with Crippen molar-refractivity contribution in [2.75, 3.05) is 6.54 Å². The van der Waals surface area contributed by atoms with Crippen molar-refractivity contribution in [1.82, 2.24) is 20.0 Å². The number of hydrogen-bond donors (Lipinski definition) is 2. The van der Waals surface area contributed by atoms with E-state index in [9.17, 15) is 18.4 Å². The fourth-order valence-electron chi connectivity index (χ4n) is 3.62. The molecule has 0 bridgehead atoms. The summed E-state index contributed by atoms with van der Waals surface area (Å²) in [7, 11) is 0. The smallest absolute Gasteiger partial charge is 0.318 e. The van der Waals surface area contributed by atoms with Crippen LogP contribution in [0.2, 0.25) is 5.02 Å². The SMILES string of the molecule is NC(=O)c1c(-c2cccc(Cl)c2)nn2c1CN(C(=O)NC1CC(F)(F)C1)CC2. The van der Waals surface area contributed by atoms with Gasteiger partial charge < -0.3 is 16.0 Å². The van der Waals surface area contributed by atoms with Crippen LogP contribution in [0.5, 0.6) is 0 Å². The minimum Gasteiger partial charge on any atom is -0.365 e. The number of benzene rings is 1. The largest absolute Gasteiger partial charge is 0.365 e. The number of amides is 3. The molecular weight excluding hydrogens is 392 g/mol. The molecule has 1 fully saturated rings. The zero-order valence-electron chi connectivity index (χ0n) is 14.8. The number of rotatable bonds is 3. The molecule has 3 amide bonds. The van der Waals surface area contributed by atoms with Crippen LogP contribution in [0.15, 0.2) is 24.3 Å². The number of hydrogen-bond acceptors (Lipinski definition) is 3. The van der Waals surface area contributed by atoms with Gasteiger partial charge in [0.05, 0.1) is 24.3 Å². The first-order valence-corrected chi connectivity index (χ1v) is 9.20. The second-order valence-electron chi connectivity index (χ2n) is 7.10. The van der Waals surface area contributed by atoms with Gasteiger partial charge in [-0.05, 0) is 12.1 Å². The van der Waals surface area contributed by atoms with E-state index in [4.69, 9.17) is 17.3 Å². The standard InChI is InChI=1S/C18H18ClF2N5O2/c19-11-3-1-2-10(6-11)15-14(16(22)27)13-9-25(4-5-26(13)24-15)17(28)23-12-7-18(20,21)8-12/h1-3,6,12H,4-5,7-9H2,(H2,22,27)(H,23,28). The van der Waals surface area contributed by atoms with Crippen molar-refractivity contribution in [3.05, 3.63) is 40.5 Å². The number of nitrogens with two attached hydrogens (primary N) is 1. The predicted molar refractivity (Wildman–Crippen MR) is 98.1 cm³/mol. The Morgan fingerprint density at radius 3 is 2.68 bits per heavy atom. The molecule has 4 rings (SSSR count). The van der Waals surface area contributed by atoms with E-state index in [-0.39, 0.29) is 24.9 Å². The Balaban J connectivity index is 1.58. The van der Waals surface area contributed by atoms with Crippen molar-refractivity contribution in [3.8, 4) is 11.3 Å². The Bertz CT molecular complexity index is 953. The van der Waals surface area contributed by atoms with Crippen LogP contribution in [-0.2, 0) is 13.1 Å². The molecule has 2 aliphatic rings. The van der Waals surface area contributed by atoms with Gasteiger partial charge in [-0.1, -0.05) is 23.7 Å². The fraction of sp³-hybridized carbons (Fsp3) is 0.389. The van der Waals surface area contributed by atoms with E-state index in [1.807, 2.05) is 0 Å². The van der Waals surface area contributed by atoms with Gasteiger partial charge in [-0.2, -0.15) is 5.10 Å². The lowest BCUT2D eigenvalue weighted by molar-refractivity contribution is -0.0903. The number of fused-ring (bicyclic) bond motifs is 1. The van der Waals surface area contributed by atoms with Gasteiger partial charge in [-0.25, -0.2) is 13.6 Å². The third-order valence-corrected chi connectivity index (χ3v) is 5.26. The van der Waals surface area contributed by atoms with Crippen molar-refractivity contribution < 1.29 is 18.4 Å². The first-order chi connectivity index (χ1) is 13.2. The van der Waals surface area contributed by atoms with Gasteiger partial charge in [0.2, 0.25) is 0 Å². The maximum Gasteiger partial charge on any atom is 0.318 e. The molecule has 1 aliphatic carbocycles. The van der Waals surface area contributed by atoms with Crippen LogP contribution in [0.1, 0.15) is 28.9 Å². The van der Waals surface area contributed by atoms with Crippen LogP contribution in [-0.4, -0.2) is 45.1 Å². The molecule has 0 radical (unpaired) electrons. The summed E-state index contributed by atoms with van der Waals surface area (Å²) in [5.41, 5.74) is 7.40. The Hall–Kier alpha value is -2.68. The van der Waals surface area contributed by atoms with Crippen molar-refractivity contribution in [1.29, 1.82) is 0 Å². The Morgan fingerprint density at radius 1 is 1.29 bits per heavy atom. The zero-order valence-corrected chi connectivity index (χ0v) is 15.5. The molecule has 148 valence electrons. The number of urea groups is 1. The highest BCUT2D eigenvalue weighted by Gasteiger charge is 2.46. The second kappa shape index (κ2) is 6.73. The first-order valence-electron chi connectivity index (χ1n) is 8.82. The van der Waals surface area contributed by atoms with Crippen molar-refractivity contribution in [2.24, 2.45) is 5.73 Å². The van der Waals surface area contributed by atoms with Crippen LogP contribution in [0.3, 0.4) is 0 Å². The predicted octanol–water partition coefficient (Wildman–Crippen LogP) is 2.63. The summed E-state index contributed by atoms with van der Waals surface area (Å²) in [6.07, 6.45) is -0.702. The fourth-order valence-corrected chi connectivity index (χ4v) is 3.81. The third-order valence-electron chi connectivity index (χ3n) is 5.03. The van der Waals surface area contributed by atoms with Gasteiger partial charge in [0.1, 0.15) is 5.69 Å². The van der Waals surface area contributed by atoms with E-state index in [2.05, 4.69) is 10.4 Å². The monoisotopic (exact) mass is 409 g/mol. The van der Waals surface area contributed by atoms with E-state index >= 15 is 0 Å². The van der Waals surface area contributed by atoms with E-state index in [0.29, 0.717) is 35.1 Å². The molecule has 10 heteroatoms. The summed E-state index contributed by atoms with van der Waals surface area (Å²) >= 11 is 6.04. The number of alkyl halides is 2. The Labute approximate surface area is 164 Å². The molecule has 2 heterocycles. The number of aromatic nitrogens is 2. The molecule has 0 spiro atoms. The molecule has 0 saturated heterocycles. The summed E-state index contributed by atoms with van der Waals surface area (Å²) in [5, 5.41) is 7.59. The van der Waals surface area contributed by atoms with Gasteiger partial charge in [0.15, 0.2) is 0 Å². The molecule has 1 aliphatic heterocycles. The number of nitrogens with zero attached hydrogens (tertiary/aromatic N) is 3. The van der Waals surface area contributed by atoms with E-state index in [0.717, 1.165) is 0 Å². The number of carbonyl (C=O) groups excluding carboxylic acids is 2. The van der Waals surface area contributed by atoms with E-state index < -0.39 is 23.9 Å². The molecule has 0 unspecified atom stereocenters. The summed E-state index contributed by atoms with van der Waals surface area (Å²) in [6, 6.07) is 5.94. The maximum atomic E-state index is 13.0. The van der Waals surface area contributed by atoms with Gasteiger partial charge >= 0.3 is 6.03 Å². The van der Waals surface area contributed by atoms with Crippen LogP contribution in [0.4, 0.5) is 13.6 Å². The van der Waals surface area contributed by atoms with Crippen LogP contribution in [0, 0.1) is 0 Å². The van der Waals surface area contributed by atoms with Crippen LogP contribution >= 0.6 is 11.6 Å².